The van der Waals surface area contributed by atoms with E-state index in [0.717, 1.165) is 24.4 Å². The zero-order chi connectivity index (χ0) is 12.1. The van der Waals surface area contributed by atoms with Gasteiger partial charge in [0.1, 0.15) is 5.82 Å². The number of aliphatic imine (C=N–C) groups is 1. The molecule has 1 N–H and O–H groups in total. The lowest BCUT2D eigenvalue weighted by atomic mass is 10.1. The summed E-state index contributed by atoms with van der Waals surface area (Å²) in [4.78, 5) is 4.52. The lowest BCUT2D eigenvalue weighted by Gasteiger charge is -2.16. The quantitative estimate of drug-likeness (QED) is 0.832. The average Bonchev–Trinajstić information content (AvgIpc) is 2.57. The molecular weight excluding hydrogens is 215 g/mol. The number of hydrogen-bond acceptors (Lipinski definition) is 2. The van der Waals surface area contributed by atoms with Crippen LogP contribution in [0.15, 0.2) is 29.3 Å². The second-order valence-electron chi connectivity index (χ2n) is 4.56. The minimum atomic E-state index is -0.182. The van der Waals surface area contributed by atoms with Gasteiger partial charge in [0.2, 0.25) is 0 Å². The summed E-state index contributed by atoms with van der Waals surface area (Å²) in [5, 5.41) is 3.39. The van der Waals surface area contributed by atoms with Crippen LogP contribution in [-0.4, -0.2) is 12.4 Å². The molecule has 0 saturated carbocycles. The third-order valence-corrected chi connectivity index (χ3v) is 3.11. The summed E-state index contributed by atoms with van der Waals surface area (Å²) in [6.45, 7) is 2.96. The molecule has 0 fully saturated rings. The van der Waals surface area contributed by atoms with E-state index in [2.05, 4.69) is 10.3 Å². The molecule has 1 atom stereocenters. The number of benzene rings is 1. The van der Waals surface area contributed by atoms with Crippen molar-refractivity contribution in [2.75, 3.05) is 6.54 Å². The van der Waals surface area contributed by atoms with Crippen molar-refractivity contribution in [1.82, 2.24) is 5.32 Å². The van der Waals surface area contributed by atoms with Gasteiger partial charge < -0.3 is 5.32 Å². The normalized spacial score (nSPS) is 18.1. The van der Waals surface area contributed by atoms with Crippen molar-refractivity contribution >= 4 is 5.84 Å². The highest BCUT2D eigenvalue weighted by Crippen LogP contribution is 2.15. The first-order chi connectivity index (χ1) is 8.25. The second kappa shape index (κ2) is 5.80. The Bertz CT molecular complexity index is 401. The van der Waals surface area contributed by atoms with Crippen LogP contribution in [0.2, 0.25) is 0 Å². The van der Waals surface area contributed by atoms with Gasteiger partial charge in [0.25, 0.3) is 0 Å². The number of halogens is 1. The van der Waals surface area contributed by atoms with Gasteiger partial charge in [0.05, 0.1) is 5.84 Å². The van der Waals surface area contributed by atoms with Crippen LogP contribution in [0.3, 0.4) is 0 Å². The number of rotatable bonds is 2. The molecule has 2 nitrogen and oxygen atoms in total. The van der Waals surface area contributed by atoms with E-state index in [-0.39, 0.29) is 11.9 Å². The van der Waals surface area contributed by atoms with Crippen molar-refractivity contribution in [3.8, 4) is 0 Å². The van der Waals surface area contributed by atoms with Gasteiger partial charge in [-0.2, -0.15) is 0 Å². The van der Waals surface area contributed by atoms with Crippen LogP contribution < -0.4 is 5.32 Å². The fourth-order valence-corrected chi connectivity index (χ4v) is 2.10. The van der Waals surface area contributed by atoms with Gasteiger partial charge >= 0.3 is 0 Å². The Labute approximate surface area is 102 Å². The SMILES string of the molecule is C[C@@H](NC1=NCCCCC1)c1cccc(F)c1. The van der Waals surface area contributed by atoms with Gasteiger partial charge in [-0.15, -0.1) is 0 Å². The van der Waals surface area contributed by atoms with E-state index in [1.54, 1.807) is 12.1 Å². The summed E-state index contributed by atoms with van der Waals surface area (Å²) in [6, 6.07) is 6.85. The highest BCUT2D eigenvalue weighted by molar-refractivity contribution is 5.82. The molecule has 17 heavy (non-hydrogen) atoms. The van der Waals surface area contributed by atoms with E-state index in [0.29, 0.717) is 0 Å². The molecule has 0 aliphatic carbocycles. The number of nitrogens with zero attached hydrogens (tertiary/aromatic N) is 1. The van der Waals surface area contributed by atoms with Crippen molar-refractivity contribution in [2.45, 2.75) is 38.6 Å². The third-order valence-electron chi connectivity index (χ3n) is 3.11. The fourth-order valence-electron chi connectivity index (χ4n) is 2.10. The molecule has 1 aromatic carbocycles. The van der Waals surface area contributed by atoms with Crippen molar-refractivity contribution in [3.63, 3.8) is 0 Å². The molecule has 0 amide bonds. The standard InChI is InChI=1S/C14H19FN2/c1-11(12-6-5-7-13(15)10-12)17-14-8-3-2-4-9-16-14/h5-7,10-11H,2-4,8-9H2,1H3,(H,16,17)/t11-/m1/s1. The summed E-state index contributed by atoms with van der Waals surface area (Å²) in [6.07, 6.45) is 4.64. The molecule has 1 aliphatic heterocycles. The van der Waals surface area contributed by atoms with E-state index in [4.69, 9.17) is 0 Å². The van der Waals surface area contributed by atoms with Crippen LogP contribution in [0.1, 0.15) is 44.2 Å². The molecule has 2 rings (SSSR count). The largest absolute Gasteiger partial charge is 0.367 e. The van der Waals surface area contributed by atoms with Crippen LogP contribution in [0.5, 0.6) is 0 Å². The van der Waals surface area contributed by atoms with Gasteiger partial charge in [0.15, 0.2) is 0 Å². The lowest BCUT2D eigenvalue weighted by molar-refractivity contribution is 0.617. The van der Waals surface area contributed by atoms with Crippen LogP contribution in [-0.2, 0) is 0 Å². The highest BCUT2D eigenvalue weighted by atomic mass is 19.1. The zero-order valence-corrected chi connectivity index (χ0v) is 10.2. The molecule has 0 bridgehead atoms. The molecule has 0 unspecified atom stereocenters. The number of nitrogens with one attached hydrogen (secondary N) is 1. The molecule has 0 radical (unpaired) electrons. The van der Waals surface area contributed by atoms with Gasteiger partial charge in [-0.05, 0) is 37.5 Å². The van der Waals surface area contributed by atoms with Crippen molar-refractivity contribution in [1.29, 1.82) is 0 Å². The average molecular weight is 234 g/mol. The summed E-state index contributed by atoms with van der Waals surface area (Å²) in [5.41, 5.74) is 0.969. The van der Waals surface area contributed by atoms with Crippen molar-refractivity contribution in [2.24, 2.45) is 4.99 Å². The maximum Gasteiger partial charge on any atom is 0.123 e. The molecule has 1 aliphatic rings. The van der Waals surface area contributed by atoms with Crippen molar-refractivity contribution in [3.05, 3.63) is 35.6 Å². The molecule has 0 aromatic heterocycles. The zero-order valence-electron chi connectivity index (χ0n) is 10.2. The van der Waals surface area contributed by atoms with E-state index in [9.17, 15) is 4.39 Å². The third kappa shape index (κ3) is 3.55. The number of hydrogen-bond donors (Lipinski definition) is 1. The molecule has 92 valence electrons. The summed E-state index contributed by atoms with van der Waals surface area (Å²) >= 11 is 0. The van der Waals surface area contributed by atoms with Crippen molar-refractivity contribution < 1.29 is 4.39 Å². The van der Waals surface area contributed by atoms with Gasteiger partial charge in [0, 0.05) is 19.0 Å². The molecule has 3 heteroatoms. The lowest BCUT2D eigenvalue weighted by Crippen LogP contribution is -2.26. The van der Waals surface area contributed by atoms with E-state index >= 15 is 0 Å². The highest BCUT2D eigenvalue weighted by Gasteiger charge is 2.10. The van der Waals surface area contributed by atoms with Gasteiger partial charge in [-0.3, -0.25) is 4.99 Å². The van der Waals surface area contributed by atoms with Crippen LogP contribution >= 0.6 is 0 Å². The predicted molar refractivity (Wildman–Crippen MR) is 68.7 cm³/mol. The first-order valence-corrected chi connectivity index (χ1v) is 6.31. The molecule has 1 aromatic rings. The van der Waals surface area contributed by atoms with E-state index in [1.165, 1.54) is 25.3 Å². The molecule has 0 spiro atoms. The minimum absolute atomic E-state index is 0.113. The van der Waals surface area contributed by atoms with Gasteiger partial charge in [-0.1, -0.05) is 18.6 Å². The molecular formula is C14H19FN2. The molecule has 1 heterocycles. The summed E-state index contributed by atoms with van der Waals surface area (Å²) < 4.78 is 13.1. The minimum Gasteiger partial charge on any atom is -0.367 e. The predicted octanol–water partition coefficient (Wildman–Crippen LogP) is 3.45. The Morgan fingerprint density at radius 1 is 1.29 bits per heavy atom. The topological polar surface area (TPSA) is 24.4 Å². The monoisotopic (exact) mass is 234 g/mol. The maximum atomic E-state index is 13.1. The molecule has 0 saturated heterocycles. The Balaban J connectivity index is 2.00. The van der Waals surface area contributed by atoms with E-state index in [1.807, 2.05) is 13.0 Å². The fraction of sp³-hybridized carbons (Fsp3) is 0.500. The Hall–Kier alpha value is -1.38. The van der Waals surface area contributed by atoms with Gasteiger partial charge in [-0.25, -0.2) is 4.39 Å². The maximum absolute atomic E-state index is 13.1. The first kappa shape index (κ1) is 12.1. The second-order valence-corrected chi connectivity index (χ2v) is 4.56. The Morgan fingerprint density at radius 3 is 3.00 bits per heavy atom. The van der Waals surface area contributed by atoms with Crippen LogP contribution in [0.25, 0.3) is 0 Å². The van der Waals surface area contributed by atoms with Crippen LogP contribution in [0, 0.1) is 5.82 Å². The summed E-state index contributed by atoms with van der Waals surface area (Å²) in [7, 11) is 0. The number of amidine groups is 1. The first-order valence-electron chi connectivity index (χ1n) is 6.31. The smallest absolute Gasteiger partial charge is 0.123 e. The van der Waals surface area contributed by atoms with Crippen LogP contribution in [0.4, 0.5) is 4.39 Å². The Morgan fingerprint density at radius 2 is 2.18 bits per heavy atom. The Kier molecular flexibility index (Phi) is 4.13. The van der Waals surface area contributed by atoms with E-state index < -0.39 is 0 Å². The summed E-state index contributed by atoms with van der Waals surface area (Å²) in [5.74, 6) is 0.887.